The molecule has 0 radical (unpaired) electrons. The maximum absolute atomic E-state index is 13.1. The smallest absolute Gasteiger partial charge is 0.305 e. The SMILES string of the molecule is CCC[CH2][Sn]([CH2]CCC)([CH2]CCC)[c]1cccc(C(=O)NCCCCN(CC(=O)O)C(=O)CN(C=O)CCC(=O)O)c1.CCN(CCC(=O)O)C(=O)CN(C)CCC(=O)O.CON1C(=O)CCC1=O.O=Cc1cccc(C=O)c1. The summed E-state index contributed by atoms with van der Waals surface area (Å²) in [5, 5.41) is 38.8. The molecule has 79 heavy (non-hydrogen) atoms. The number of imide groups is 1. The van der Waals surface area contributed by atoms with Crippen molar-refractivity contribution in [3.63, 3.8) is 0 Å². The number of hydrogen-bond acceptors (Lipinski definition) is 14. The first-order valence-electron chi connectivity index (χ1n) is 26.7. The topological polar surface area (TPSA) is 323 Å². The molecular formula is C55H84N6O17Sn. The van der Waals surface area contributed by atoms with Gasteiger partial charge in [0.25, 0.3) is 11.8 Å². The van der Waals surface area contributed by atoms with Gasteiger partial charge in [0.15, 0.2) is 0 Å². The largest absolute Gasteiger partial charge is 0.481 e. The number of rotatable bonds is 36. The Labute approximate surface area is 467 Å². The first-order valence-corrected chi connectivity index (χ1v) is 34.2. The van der Waals surface area contributed by atoms with Crippen LogP contribution >= 0.6 is 0 Å². The molecule has 1 aliphatic heterocycles. The van der Waals surface area contributed by atoms with E-state index in [9.17, 15) is 62.6 Å². The van der Waals surface area contributed by atoms with Crippen molar-refractivity contribution in [2.24, 2.45) is 0 Å². The van der Waals surface area contributed by atoms with Crippen molar-refractivity contribution in [3.8, 4) is 0 Å². The van der Waals surface area contributed by atoms with Crippen molar-refractivity contribution in [2.75, 3.05) is 73.1 Å². The normalized spacial score (nSPS) is 11.6. The van der Waals surface area contributed by atoms with Crippen LogP contribution in [0.15, 0.2) is 48.5 Å². The van der Waals surface area contributed by atoms with E-state index in [2.05, 4.69) is 43.1 Å². The molecule has 440 valence electrons. The molecule has 3 rings (SSSR count). The van der Waals surface area contributed by atoms with Crippen LogP contribution in [0.1, 0.15) is 142 Å². The van der Waals surface area contributed by atoms with Crippen LogP contribution < -0.4 is 8.90 Å². The summed E-state index contributed by atoms with van der Waals surface area (Å²) >= 11 is -2.67. The number of amides is 6. The Bertz CT molecular complexity index is 2200. The number of likely N-dealkylation sites (N-methyl/N-ethyl adjacent to an activating group) is 2. The maximum Gasteiger partial charge on any atom is 0.305 e. The van der Waals surface area contributed by atoms with Crippen LogP contribution in [0, 0.1) is 0 Å². The molecule has 1 heterocycles. The average molecular weight is 1220 g/mol. The summed E-state index contributed by atoms with van der Waals surface area (Å²) in [6.07, 6.45) is 10.3. The van der Waals surface area contributed by atoms with Crippen molar-refractivity contribution in [3.05, 3.63) is 65.2 Å². The minimum Gasteiger partial charge on any atom is -0.481 e. The maximum atomic E-state index is 13.1. The second-order valence-corrected chi connectivity index (χ2v) is 32.0. The Balaban J connectivity index is 0.00000132. The number of aldehydes is 2. The molecule has 2 aromatic carbocycles. The number of nitrogens with zero attached hydrogens (tertiary/aromatic N) is 5. The predicted octanol–water partition coefficient (Wildman–Crippen LogP) is 4.82. The Kier molecular flexibility index (Phi) is 38.8. The van der Waals surface area contributed by atoms with E-state index < -0.39 is 61.3 Å². The zero-order valence-corrected chi connectivity index (χ0v) is 49.7. The van der Waals surface area contributed by atoms with Gasteiger partial charge in [0.1, 0.15) is 12.6 Å². The third kappa shape index (κ3) is 31.6. The first-order chi connectivity index (χ1) is 37.6. The monoisotopic (exact) mass is 1220 g/mol. The fourth-order valence-corrected chi connectivity index (χ4v) is 24.1. The molecule has 0 saturated carbocycles. The number of carboxylic acids is 4. The molecule has 1 fully saturated rings. The first kappa shape index (κ1) is 72.4. The van der Waals surface area contributed by atoms with E-state index in [1.807, 2.05) is 12.1 Å². The molecular weight excluding hydrogens is 1140 g/mol. The fourth-order valence-electron chi connectivity index (χ4n) is 8.06. The average Bonchev–Trinajstić information content (AvgIpc) is 3.77. The Morgan fingerprint density at radius 2 is 1.13 bits per heavy atom. The molecule has 0 aliphatic carbocycles. The molecule has 23 nitrogen and oxygen atoms in total. The van der Waals surface area contributed by atoms with Gasteiger partial charge in [-0.3, -0.25) is 57.7 Å². The predicted molar refractivity (Wildman–Crippen MR) is 296 cm³/mol. The molecule has 0 unspecified atom stereocenters. The van der Waals surface area contributed by atoms with Crippen LogP contribution in [0.5, 0.6) is 0 Å². The molecule has 0 aromatic heterocycles. The molecule has 2 aromatic rings. The number of nitrogens with one attached hydrogen (secondary N) is 1. The zero-order chi connectivity index (χ0) is 59.8. The number of carboxylic acid groups (broad SMARTS) is 4. The van der Waals surface area contributed by atoms with Crippen LogP contribution in [0.2, 0.25) is 13.3 Å². The molecule has 0 spiro atoms. The van der Waals surface area contributed by atoms with E-state index in [1.165, 1.54) is 67.4 Å². The molecule has 24 heteroatoms. The number of carbonyl (C=O) groups is 12. The van der Waals surface area contributed by atoms with Crippen molar-refractivity contribution in [2.45, 2.75) is 124 Å². The van der Waals surface area contributed by atoms with Gasteiger partial charge < -0.3 is 30.2 Å². The summed E-state index contributed by atoms with van der Waals surface area (Å²) in [4.78, 5) is 143. The summed E-state index contributed by atoms with van der Waals surface area (Å²) in [7, 11) is 2.97. The summed E-state index contributed by atoms with van der Waals surface area (Å²) in [6, 6.07) is 14.8. The summed E-state index contributed by atoms with van der Waals surface area (Å²) in [5.74, 6) is -5.52. The van der Waals surface area contributed by atoms with E-state index in [4.69, 9.17) is 15.3 Å². The van der Waals surface area contributed by atoms with Gasteiger partial charge in [-0.25, -0.2) is 0 Å². The molecule has 0 bridgehead atoms. The van der Waals surface area contributed by atoms with Crippen LogP contribution in [-0.4, -0.2) is 209 Å². The third-order valence-corrected chi connectivity index (χ3v) is 28.1. The third-order valence-electron chi connectivity index (χ3n) is 12.5. The number of benzene rings is 2. The van der Waals surface area contributed by atoms with Gasteiger partial charge in [-0.05, 0) is 20.0 Å². The van der Waals surface area contributed by atoms with E-state index in [0.717, 1.165) is 14.9 Å². The summed E-state index contributed by atoms with van der Waals surface area (Å²) in [5.41, 5.74) is 1.74. The van der Waals surface area contributed by atoms with E-state index >= 15 is 0 Å². The van der Waals surface area contributed by atoms with E-state index in [-0.39, 0.29) is 88.5 Å². The van der Waals surface area contributed by atoms with Crippen LogP contribution in [-0.2, 0) is 48.0 Å². The number of unbranched alkanes of at least 4 members (excludes halogenated alkanes) is 4. The molecule has 5 N–H and O–H groups in total. The van der Waals surface area contributed by atoms with Gasteiger partial charge in [-0.15, -0.1) is 0 Å². The standard InChI is InChI=1S/C19H24N3O7.C11H20N2O5.C8H6O2.C5H7NO3.3C4H9.Sn/c23-14-21(11-8-17(25)26)12-16(24)22(13-18(27)28)10-5-4-9-20-19(29)15-6-2-1-3-7-15;1-3-13(7-5-11(17)18)9(14)8-12(2)6-4-10(15)16;9-5-7-2-1-3-8(4-7)6-10;1-9-6-4(7)2-3-5(6)8;3*1-3-4-2;/h1-2,6-7,14H,4-5,8-13H2,(H,20,29)(H,25,26)(H,27,28);3-8H2,1-2H3,(H,15,16)(H,17,18);1-6H;2-3H2,1H3;3*1,3-4H2,2H3;. The Hall–Kier alpha value is -6.60. The number of hydrogen-bond donors (Lipinski definition) is 5. The van der Waals surface area contributed by atoms with Crippen molar-refractivity contribution in [1.82, 2.24) is 30.0 Å². The van der Waals surface area contributed by atoms with Gasteiger partial charge in [-0.2, -0.15) is 5.06 Å². The zero-order valence-electron chi connectivity index (χ0n) is 46.9. The second-order valence-electron chi connectivity index (χ2n) is 18.7. The van der Waals surface area contributed by atoms with Crippen molar-refractivity contribution in [1.29, 1.82) is 0 Å². The number of carbonyl (C=O) groups excluding carboxylic acids is 8. The molecule has 1 aliphatic rings. The van der Waals surface area contributed by atoms with Crippen molar-refractivity contribution < 1.29 is 82.8 Å². The summed E-state index contributed by atoms with van der Waals surface area (Å²) in [6.45, 7) is 9.01. The summed E-state index contributed by atoms with van der Waals surface area (Å²) < 4.78 is 5.42. The van der Waals surface area contributed by atoms with Gasteiger partial charge in [0.2, 0.25) is 12.3 Å². The minimum atomic E-state index is -2.67. The van der Waals surface area contributed by atoms with Crippen LogP contribution in [0.4, 0.5) is 0 Å². The molecule has 1 saturated heterocycles. The van der Waals surface area contributed by atoms with Gasteiger partial charge in [0, 0.05) is 50.1 Å². The minimum absolute atomic E-state index is 0.0228. The van der Waals surface area contributed by atoms with Gasteiger partial charge >= 0.3 is 219 Å². The van der Waals surface area contributed by atoms with Crippen LogP contribution in [0.3, 0.4) is 0 Å². The van der Waals surface area contributed by atoms with Crippen molar-refractivity contribution >= 4 is 94.4 Å². The fraction of sp³-hybridized carbons (Fsp3) is 0.564. The molecule has 6 amide bonds. The van der Waals surface area contributed by atoms with Gasteiger partial charge in [0.05, 0.1) is 32.9 Å². The molecule has 0 atom stereocenters. The number of hydroxylamine groups is 2. The van der Waals surface area contributed by atoms with E-state index in [1.54, 1.807) is 43.1 Å². The number of aliphatic carboxylic acids is 4. The Morgan fingerprint density at radius 3 is 1.58 bits per heavy atom. The quantitative estimate of drug-likeness (QED) is 0.0264. The Morgan fingerprint density at radius 1 is 0.620 bits per heavy atom. The van der Waals surface area contributed by atoms with Crippen LogP contribution in [0.25, 0.3) is 0 Å². The second kappa shape index (κ2) is 42.4. The van der Waals surface area contributed by atoms with Gasteiger partial charge in [-0.1, -0.05) is 18.2 Å². The van der Waals surface area contributed by atoms with E-state index in [0.29, 0.717) is 61.6 Å².